The second kappa shape index (κ2) is 5.71. The van der Waals surface area contributed by atoms with Crippen molar-refractivity contribution in [3.05, 3.63) is 21.3 Å². The molecule has 0 amide bonds. The molecule has 1 aromatic rings. The lowest BCUT2D eigenvalue weighted by molar-refractivity contribution is 0.168. The van der Waals surface area contributed by atoms with Crippen molar-refractivity contribution in [3.63, 3.8) is 0 Å². The molecule has 14 heavy (non-hydrogen) atoms. The van der Waals surface area contributed by atoms with Crippen molar-refractivity contribution < 1.29 is 4.74 Å². The van der Waals surface area contributed by atoms with Crippen LogP contribution in [0.3, 0.4) is 0 Å². The molecule has 0 aliphatic carbocycles. The molecular weight excluding hydrogens is 218 g/mol. The zero-order valence-corrected chi connectivity index (χ0v) is 10.3. The van der Waals surface area contributed by atoms with Gasteiger partial charge in [-0.3, -0.25) is 0 Å². The number of halogens is 1. The number of hydrogen-bond acceptors (Lipinski definition) is 3. The second-order valence-electron chi connectivity index (χ2n) is 3.39. The molecule has 2 unspecified atom stereocenters. The van der Waals surface area contributed by atoms with E-state index in [-0.39, 0.29) is 0 Å². The first kappa shape index (κ1) is 12.0. The van der Waals surface area contributed by atoms with Crippen LogP contribution in [0.15, 0.2) is 12.1 Å². The van der Waals surface area contributed by atoms with Crippen molar-refractivity contribution >= 4 is 22.9 Å². The van der Waals surface area contributed by atoms with Gasteiger partial charge < -0.3 is 10.1 Å². The first-order chi connectivity index (χ1) is 6.63. The van der Waals surface area contributed by atoms with Crippen LogP contribution in [-0.2, 0) is 4.74 Å². The number of hydrogen-bond donors (Lipinski definition) is 1. The number of nitrogens with one attached hydrogen (secondary N) is 1. The normalized spacial score (nSPS) is 15.4. The van der Waals surface area contributed by atoms with E-state index in [1.807, 2.05) is 6.07 Å². The van der Waals surface area contributed by atoms with Crippen molar-refractivity contribution in [1.29, 1.82) is 0 Å². The van der Waals surface area contributed by atoms with Gasteiger partial charge in [0.15, 0.2) is 0 Å². The van der Waals surface area contributed by atoms with E-state index in [4.69, 9.17) is 16.3 Å². The minimum absolute atomic E-state index is 0.331. The van der Waals surface area contributed by atoms with Gasteiger partial charge in [-0.15, -0.1) is 11.3 Å². The first-order valence-electron chi connectivity index (χ1n) is 4.63. The van der Waals surface area contributed by atoms with E-state index in [1.165, 1.54) is 4.88 Å². The van der Waals surface area contributed by atoms with Crippen molar-refractivity contribution in [2.75, 3.05) is 13.7 Å². The van der Waals surface area contributed by atoms with E-state index in [0.717, 1.165) is 10.9 Å². The summed E-state index contributed by atoms with van der Waals surface area (Å²) in [6, 6.07) is 4.68. The highest BCUT2D eigenvalue weighted by Gasteiger charge is 2.10. The molecule has 80 valence electrons. The van der Waals surface area contributed by atoms with Crippen molar-refractivity contribution in [3.8, 4) is 0 Å². The molecule has 0 radical (unpaired) electrons. The standard InChI is InChI=1S/C10H16ClNOS/c1-7(6-13-3)12-8(2)9-4-5-10(11)14-9/h4-5,7-8,12H,6H2,1-3H3. The maximum Gasteiger partial charge on any atom is 0.0931 e. The van der Waals surface area contributed by atoms with E-state index in [9.17, 15) is 0 Å². The molecule has 2 atom stereocenters. The summed E-state index contributed by atoms with van der Waals surface area (Å²) in [7, 11) is 1.71. The summed E-state index contributed by atoms with van der Waals surface area (Å²) in [4.78, 5) is 1.26. The Morgan fingerprint density at radius 3 is 2.71 bits per heavy atom. The molecule has 1 rings (SSSR count). The van der Waals surface area contributed by atoms with E-state index >= 15 is 0 Å². The quantitative estimate of drug-likeness (QED) is 0.844. The molecule has 0 aromatic carbocycles. The van der Waals surface area contributed by atoms with Gasteiger partial charge in [0.2, 0.25) is 0 Å². The fourth-order valence-corrected chi connectivity index (χ4v) is 2.44. The highest BCUT2D eigenvalue weighted by Crippen LogP contribution is 2.26. The predicted octanol–water partition coefficient (Wildman–Crippen LogP) is 3.09. The summed E-state index contributed by atoms with van der Waals surface area (Å²) >= 11 is 7.49. The third-order valence-electron chi connectivity index (χ3n) is 1.97. The lowest BCUT2D eigenvalue weighted by atomic mass is 10.2. The Kier molecular flexibility index (Phi) is 4.89. The van der Waals surface area contributed by atoms with Crippen molar-refractivity contribution in [2.24, 2.45) is 0 Å². The molecule has 1 aromatic heterocycles. The molecule has 0 saturated carbocycles. The van der Waals surface area contributed by atoms with Crippen molar-refractivity contribution in [1.82, 2.24) is 5.32 Å². The van der Waals surface area contributed by atoms with Gasteiger partial charge in [-0.05, 0) is 26.0 Å². The Balaban J connectivity index is 2.45. The molecule has 0 aliphatic rings. The average molecular weight is 234 g/mol. The van der Waals surface area contributed by atoms with Crippen LogP contribution in [0.1, 0.15) is 24.8 Å². The van der Waals surface area contributed by atoms with Gasteiger partial charge in [-0.2, -0.15) is 0 Å². The lowest BCUT2D eigenvalue weighted by Gasteiger charge is -2.18. The smallest absolute Gasteiger partial charge is 0.0931 e. The van der Waals surface area contributed by atoms with E-state index in [1.54, 1.807) is 18.4 Å². The molecule has 0 bridgehead atoms. The minimum Gasteiger partial charge on any atom is -0.383 e. The minimum atomic E-state index is 0.331. The fraction of sp³-hybridized carbons (Fsp3) is 0.600. The number of thiophene rings is 1. The second-order valence-corrected chi connectivity index (χ2v) is 5.13. The SMILES string of the molecule is COCC(C)NC(C)c1ccc(Cl)s1. The Bertz CT molecular complexity index is 277. The van der Waals surface area contributed by atoms with Crippen LogP contribution in [0.4, 0.5) is 0 Å². The maximum atomic E-state index is 5.87. The summed E-state index contributed by atoms with van der Waals surface area (Å²) < 4.78 is 5.90. The average Bonchev–Trinajstić information content (AvgIpc) is 2.52. The maximum absolute atomic E-state index is 5.87. The molecule has 0 saturated heterocycles. The third kappa shape index (κ3) is 3.58. The summed E-state index contributed by atoms with van der Waals surface area (Å²) in [5, 5.41) is 3.44. The van der Waals surface area contributed by atoms with Crippen molar-refractivity contribution in [2.45, 2.75) is 25.9 Å². The molecule has 1 N–H and O–H groups in total. The van der Waals surface area contributed by atoms with Crippen LogP contribution in [0.5, 0.6) is 0 Å². The van der Waals surface area contributed by atoms with Gasteiger partial charge in [0.05, 0.1) is 10.9 Å². The van der Waals surface area contributed by atoms with Crippen LogP contribution < -0.4 is 5.32 Å². The number of rotatable bonds is 5. The molecule has 1 heterocycles. The molecule has 0 spiro atoms. The Labute approximate surface area is 94.2 Å². The van der Waals surface area contributed by atoms with Gasteiger partial charge in [0.1, 0.15) is 0 Å². The lowest BCUT2D eigenvalue weighted by Crippen LogP contribution is -2.32. The zero-order chi connectivity index (χ0) is 10.6. The molecule has 4 heteroatoms. The highest BCUT2D eigenvalue weighted by atomic mass is 35.5. The number of ether oxygens (including phenoxy) is 1. The van der Waals surface area contributed by atoms with Crippen LogP contribution in [0.25, 0.3) is 0 Å². The molecule has 0 aliphatic heterocycles. The van der Waals surface area contributed by atoms with Gasteiger partial charge in [0, 0.05) is 24.1 Å². The van der Waals surface area contributed by atoms with Gasteiger partial charge >= 0.3 is 0 Å². The van der Waals surface area contributed by atoms with Crippen LogP contribution in [0, 0.1) is 0 Å². The Morgan fingerprint density at radius 1 is 1.50 bits per heavy atom. The Hall–Kier alpha value is -0.0900. The molecule has 2 nitrogen and oxygen atoms in total. The van der Waals surface area contributed by atoms with Crippen LogP contribution in [0.2, 0.25) is 4.34 Å². The topological polar surface area (TPSA) is 21.3 Å². The monoisotopic (exact) mass is 233 g/mol. The van der Waals surface area contributed by atoms with Crippen LogP contribution >= 0.6 is 22.9 Å². The van der Waals surface area contributed by atoms with Gasteiger partial charge in [0.25, 0.3) is 0 Å². The first-order valence-corrected chi connectivity index (χ1v) is 5.83. The highest BCUT2D eigenvalue weighted by molar-refractivity contribution is 7.16. The van der Waals surface area contributed by atoms with E-state index in [2.05, 4.69) is 25.2 Å². The summed E-state index contributed by atoms with van der Waals surface area (Å²) in [5.41, 5.74) is 0. The van der Waals surface area contributed by atoms with E-state index in [0.29, 0.717) is 12.1 Å². The molecule has 0 fully saturated rings. The molecular formula is C10H16ClNOS. The zero-order valence-electron chi connectivity index (χ0n) is 8.71. The van der Waals surface area contributed by atoms with Gasteiger partial charge in [-0.1, -0.05) is 11.6 Å². The van der Waals surface area contributed by atoms with E-state index < -0.39 is 0 Å². The van der Waals surface area contributed by atoms with Crippen LogP contribution in [-0.4, -0.2) is 19.8 Å². The third-order valence-corrected chi connectivity index (χ3v) is 3.39. The summed E-state index contributed by atoms with van der Waals surface area (Å²) in [6.45, 7) is 4.97. The largest absolute Gasteiger partial charge is 0.383 e. The predicted molar refractivity (Wildman–Crippen MR) is 62.2 cm³/mol. The fourth-order valence-electron chi connectivity index (χ4n) is 1.37. The van der Waals surface area contributed by atoms with Gasteiger partial charge in [-0.25, -0.2) is 0 Å². The number of methoxy groups -OCH3 is 1. The Morgan fingerprint density at radius 2 is 2.21 bits per heavy atom. The summed E-state index contributed by atoms with van der Waals surface area (Å²) in [6.07, 6.45) is 0. The summed E-state index contributed by atoms with van der Waals surface area (Å²) in [5.74, 6) is 0.